The van der Waals surface area contributed by atoms with Crippen LogP contribution >= 0.6 is 0 Å². The second-order valence-electron chi connectivity index (χ2n) is 3.95. The second kappa shape index (κ2) is 6.86. The van der Waals surface area contributed by atoms with Crippen LogP contribution in [0.15, 0.2) is 18.2 Å². The standard InChI is InChI=1S/C13H17O5/c1-9(2)8-17-18-13(14)10-5-11(15-3)7-12(6-10)16-4/h5-9H,1-4H3. The van der Waals surface area contributed by atoms with Gasteiger partial charge in [-0.15, -0.1) is 0 Å². The summed E-state index contributed by atoms with van der Waals surface area (Å²) < 4.78 is 10.1. The minimum Gasteiger partial charge on any atom is -0.497 e. The molecule has 1 radical (unpaired) electrons. The quantitative estimate of drug-likeness (QED) is 0.576. The number of rotatable bonds is 6. The van der Waals surface area contributed by atoms with Gasteiger partial charge in [0, 0.05) is 6.07 Å². The van der Waals surface area contributed by atoms with Gasteiger partial charge in [0.05, 0.1) is 19.8 Å². The number of carbonyl (C=O) groups is 1. The lowest BCUT2D eigenvalue weighted by atomic mass is 10.2. The lowest BCUT2D eigenvalue weighted by molar-refractivity contribution is -0.217. The van der Waals surface area contributed by atoms with Gasteiger partial charge in [-0.25, -0.2) is 4.79 Å². The first kappa shape index (κ1) is 14.3. The molecule has 1 aromatic carbocycles. The van der Waals surface area contributed by atoms with Crippen molar-refractivity contribution in [3.63, 3.8) is 0 Å². The van der Waals surface area contributed by atoms with Gasteiger partial charge >= 0.3 is 5.97 Å². The van der Waals surface area contributed by atoms with Crippen molar-refractivity contribution in [3.05, 3.63) is 30.4 Å². The highest BCUT2D eigenvalue weighted by atomic mass is 17.2. The first-order valence-corrected chi connectivity index (χ1v) is 5.51. The summed E-state index contributed by atoms with van der Waals surface area (Å²) in [6.07, 6.45) is 0. The predicted octanol–water partition coefficient (Wildman–Crippen LogP) is 2.61. The summed E-state index contributed by atoms with van der Waals surface area (Å²) in [5, 5.41) is 0. The second-order valence-corrected chi connectivity index (χ2v) is 3.95. The molecular weight excluding hydrogens is 236 g/mol. The van der Waals surface area contributed by atoms with Gasteiger partial charge < -0.3 is 9.47 Å². The van der Waals surface area contributed by atoms with Gasteiger partial charge in [-0.3, -0.25) is 4.89 Å². The maximum Gasteiger partial charge on any atom is 0.373 e. The van der Waals surface area contributed by atoms with Crippen LogP contribution in [0.2, 0.25) is 0 Å². The molecule has 0 N–H and O–H groups in total. The van der Waals surface area contributed by atoms with E-state index in [2.05, 4.69) is 4.89 Å². The van der Waals surface area contributed by atoms with Gasteiger partial charge in [0.2, 0.25) is 0 Å². The summed E-state index contributed by atoms with van der Waals surface area (Å²) >= 11 is 0. The Morgan fingerprint density at radius 2 is 1.67 bits per heavy atom. The summed E-state index contributed by atoms with van der Waals surface area (Å²) in [4.78, 5) is 21.0. The lowest BCUT2D eigenvalue weighted by Crippen LogP contribution is -2.07. The van der Waals surface area contributed by atoms with Crippen molar-refractivity contribution in [3.8, 4) is 11.5 Å². The van der Waals surface area contributed by atoms with Crippen molar-refractivity contribution < 1.29 is 24.0 Å². The Hall–Kier alpha value is -1.75. The Labute approximate surface area is 107 Å². The number of methoxy groups -OCH3 is 2. The van der Waals surface area contributed by atoms with Gasteiger partial charge in [0.1, 0.15) is 18.1 Å². The van der Waals surface area contributed by atoms with Crippen LogP contribution in [-0.4, -0.2) is 20.2 Å². The van der Waals surface area contributed by atoms with E-state index >= 15 is 0 Å². The summed E-state index contributed by atoms with van der Waals surface area (Å²) in [6.45, 7) is 5.24. The van der Waals surface area contributed by atoms with Gasteiger partial charge in [0.15, 0.2) is 0 Å². The van der Waals surface area contributed by atoms with E-state index in [1.807, 2.05) is 13.8 Å². The minimum atomic E-state index is -0.607. The minimum absolute atomic E-state index is 0.164. The highest BCUT2D eigenvalue weighted by Gasteiger charge is 2.12. The molecule has 0 fully saturated rings. The molecule has 0 spiro atoms. The third-order valence-electron chi connectivity index (χ3n) is 2.04. The monoisotopic (exact) mass is 253 g/mol. The molecular formula is C13H17O5. The first-order valence-electron chi connectivity index (χ1n) is 5.51. The largest absolute Gasteiger partial charge is 0.497 e. The van der Waals surface area contributed by atoms with E-state index in [1.54, 1.807) is 18.2 Å². The highest BCUT2D eigenvalue weighted by Crippen LogP contribution is 2.23. The smallest absolute Gasteiger partial charge is 0.373 e. The number of hydrogen-bond donors (Lipinski definition) is 0. The molecule has 0 aliphatic rings. The fourth-order valence-corrected chi connectivity index (χ4v) is 1.16. The number of benzene rings is 1. The van der Waals surface area contributed by atoms with E-state index in [-0.39, 0.29) is 5.92 Å². The summed E-state index contributed by atoms with van der Waals surface area (Å²) in [5.74, 6) is 0.574. The Morgan fingerprint density at radius 1 is 1.11 bits per heavy atom. The van der Waals surface area contributed by atoms with E-state index in [0.29, 0.717) is 17.1 Å². The zero-order valence-electron chi connectivity index (χ0n) is 10.9. The summed E-state index contributed by atoms with van der Waals surface area (Å²) in [5.41, 5.74) is 0.295. The summed E-state index contributed by atoms with van der Waals surface area (Å²) in [7, 11) is 3.01. The maximum absolute atomic E-state index is 11.7. The Kier molecular flexibility index (Phi) is 5.45. The van der Waals surface area contributed by atoms with Crippen LogP contribution in [0, 0.1) is 12.5 Å². The molecule has 0 saturated heterocycles. The van der Waals surface area contributed by atoms with Crippen LogP contribution in [0.3, 0.4) is 0 Å². The lowest BCUT2D eigenvalue weighted by Gasteiger charge is -2.08. The van der Waals surface area contributed by atoms with Crippen molar-refractivity contribution >= 4 is 5.97 Å². The van der Waals surface area contributed by atoms with Gasteiger partial charge in [-0.2, -0.15) is 4.89 Å². The molecule has 0 aliphatic carbocycles. The molecule has 1 rings (SSSR count). The average molecular weight is 253 g/mol. The molecule has 0 bridgehead atoms. The number of carbonyl (C=O) groups excluding carboxylic acids is 1. The van der Waals surface area contributed by atoms with Crippen molar-refractivity contribution in [1.82, 2.24) is 0 Å². The van der Waals surface area contributed by atoms with Crippen molar-refractivity contribution in [1.29, 1.82) is 0 Å². The number of hydrogen-bond acceptors (Lipinski definition) is 5. The van der Waals surface area contributed by atoms with E-state index < -0.39 is 5.97 Å². The Balaban J connectivity index is 2.72. The zero-order chi connectivity index (χ0) is 13.5. The molecule has 99 valence electrons. The molecule has 0 unspecified atom stereocenters. The third kappa shape index (κ3) is 4.25. The van der Waals surface area contributed by atoms with E-state index in [1.165, 1.54) is 20.8 Å². The molecule has 5 nitrogen and oxygen atoms in total. The van der Waals surface area contributed by atoms with Crippen molar-refractivity contribution in [2.24, 2.45) is 5.92 Å². The van der Waals surface area contributed by atoms with E-state index in [9.17, 15) is 4.79 Å². The van der Waals surface area contributed by atoms with Gasteiger partial charge in [-0.1, -0.05) is 13.8 Å². The molecule has 0 aromatic heterocycles. The average Bonchev–Trinajstić information content (AvgIpc) is 2.37. The SMILES string of the molecule is COc1cc(OC)cc(C(=O)OO[CH]C(C)C)c1. The van der Waals surface area contributed by atoms with Crippen LogP contribution in [0.1, 0.15) is 24.2 Å². The van der Waals surface area contributed by atoms with Crippen LogP contribution in [0.4, 0.5) is 0 Å². The molecule has 18 heavy (non-hydrogen) atoms. The van der Waals surface area contributed by atoms with Crippen LogP contribution in [0.5, 0.6) is 11.5 Å². The van der Waals surface area contributed by atoms with Crippen LogP contribution in [0.25, 0.3) is 0 Å². The topological polar surface area (TPSA) is 54.0 Å². The molecule has 0 aliphatic heterocycles. The van der Waals surface area contributed by atoms with Crippen molar-refractivity contribution in [2.45, 2.75) is 13.8 Å². The van der Waals surface area contributed by atoms with Crippen LogP contribution < -0.4 is 9.47 Å². The molecule has 1 aromatic rings. The fraction of sp³-hybridized carbons (Fsp3) is 0.385. The van der Waals surface area contributed by atoms with Crippen LogP contribution in [-0.2, 0) is 9.78 Å². The Morgan fingerprint density at radius 3 is 2.11 bits per heavy atom. The zero-order valence-corrected chi connectivity index (χ0v) is 10.9. The fourth-order valence-electron chi connectivity index (χ4n) is 1.16. The Bertz CT molecular complexity index is 378. The number of ether oxygens (including phenoxy) is 2. The van der Waals surface area contributed by atoms with Crippen molar-refractivity contribution in [2.75, 3.05) is 14.2 Å². The van der Waals surface area contributed by atoms with Gasteiger partial charge in [0.25, 0.3) is 0 Å². The molecule has 0 atom stereocenters. The predicted molar refractivity (Wildman–Crippen MR) is 65.2 cm³/mol. The highest BCUT2D eigenvalue weighted by molar-refractivity contribution is 5.90. The van der Waals surface area contributed by atoms with E-state index in [0.717, 1.165) is 0 Å². The molecule has 0 saturated carbocycles. The third-order valence-corrected chi connectivity index (χ3v) is 2.04. The maximum atomic E-state index is 11.7. The van der Waals surface area contributed by atoms with E-state index in [4.69, 9.17) is 14.4 Å². The summed E-state index contributed by atoms with van der Waals surface area (Å²) in [6, 6.07) is 4.76. The van der Waals surface area contributed by atoms with Gasteiger partial charge in [-0.05, 0) is 18.1 Å². The molecule has 0 heterocycles. The normalized spacial score (nSPS) is 10.3. The first-order chi connectivity index (χ1) is 8.56. The molecule has 0 amide bonds. The molecule has 5 heteroatoms.